The summed E-state index contributed by atoms with van der Waals surface area (Å²) in [6.45, 7) is 11.7. The molecule has 1 N–H and O–H groups in total. The topological polar surface area (TPSA) is 71.4 Å². The SMILES string of the molecule is CCCC1(CCC)NC(=O)N(CC(=O)c2cc(C)n(-c3ccc(C)c(C)c3)c2C)C1=O. The van der Waals surface area contributed by atoms with Crippen LogP contribution in [0.5, 0.6) is 0 Å². The molecule has 3 amide bonds. The Balaban J connectivity index is 1.88. The van der Waals surface area contributed by atoms with E-state index in [2.05, 4.69) is 31.3 Å². The molecular weight excluding hydrogens is 390 g/mol. The second-order valence-corrected chi connectivity index (χ2v) is 8.72. The van der Waals surface area contributed by atoms with Crippen molar-refractivity contribution in [2.45, 2.75) is 72.8 Å². The van der Waals surface area contributed by atoms with Gasteiger partial charge in [-0.25, -0.2) is 4.79 Å². The summed E-state index contributed by atoms with van der Waals surface area (Å²) in [4.78, 5) is 40.0. The van der Waals surface area contributed by atoms with Crippen LogP contribution in [0, 0.1) is 27.7 Å². The summed E-state index contributed by atoms with van der Waals surface area (Å²) < 4.78 is 2.05. The van der Waals surface area contributed by atoms with Crippen LogP contribution in [0.4, 0.5) is 4.79 Å². The molecule has 1 aliphatic rings. The molecule has 6 nitrogen and oxygen atoms in total. The predicted octanol–water partition coefficient (Wildman–Crippen LogP) is 4.78. The number of ketones is 1. The first-order valence-corrected chi connectivity index (χ1v) is 11.1. The van der Waals surface area contributed by atoms with Crippen molar-refractivity contribution in [1.29, 1.82) is 0 Å². The molecule has 0 saturated carbocycles. The van der Waals surface area contributed by atoms with Gasteiger partial charge in [0.2, 0.25) is 0 Å². The molecular formula is C25H33N3O3. The van der Waals surface area contributed by atoms with Crippen molar-refractivity contribution < 1.29 is 14.4 Å². The molecule has 0 unspecified atom stereocenters. The lowest BCUT2D eigenvalue weighted by Crippen LogP contribution is -2.47. The molecule has 0 aliphatic carbocycles. The lowest BCUT2D eigenvalue weighted by atomic mass is 9.88. The van der Waals surface area contributed by atoms with Crippen molar-refractivity contribution in [3.05, 3.63) is 52.3 Å². The molecule has 6 heteroatoms. The Kier molecular flexibility index (Phi) is 6.39. The number of carbonyl (C=O) groups is 3. The maximum atomic E-state index is 13.2. The van der Waals surface area contributed by atoms with Gasteiger partial charge in [-0.1, -0.05) is 32.8 Å². The molecule has 0 bridgehead atoms. The number of aryl methyl sites for hydroxylation is 3. The lowest BCUT2D eigenvalue weighted by Gasteiger charge is -2.25. The Morgan fingerprint density at radius 2 is 1.61 bits per heavy atom. The van der Waals surface area contributed by atoms with Gasteiger partial charge in [0.05, 0.1) is 6.54 Å². The first-order valence-electron chi connectivity index (χ1n) is 11.1. The third-order valence-corrected chi connectivity index (χ3v) is 6.38. The smallest absolute Gasteiger partial charge is 0.323 e. The van der Waals surface area contributed by atoms with Crippen LogP contribution in [0.3, 0.4) is 0 Å². The van der Waals surface area contributed by atoms with Gasteiger partial charge in [0, 0.05) is 22.6 Å². The minimum atomic E-state index is -0.878. The van der Waals surface area contributed by atoms with Crippen molar-refractivity contribution in [2.75, 3.05) is 6.54 Å². The molecule has 1 aromatic carbocycles. The fourth-order valence-electron chi connectivity index (χ4n) is 4.67. The molecule has 2 aromatic rings. The van der Waals surface area contributed by atoms with Gasteiger partial charge < -0.3 is 9.88 Å². The largest absolute Gasteiger partial charge is 0.325 e. The molecule has 0 spiro atoms. The Labute approximate surface area is 184 Å². The number of carbonyl (C=O) groups excluding carboxylic acids is 3. The normalized spacial score (nSPS) is 15.5. The van der Waals surface area contributed by atoms with Crippen LogP contribution in [0.1, 0.15) is 72.4 Å². The highest BCUT2D eigenvalue weighted by atomic mass is 16.2. The van der Waals surface area contributed by atoms with E-state index in [0.29, 0.717) is 18.4 Å². The molecule has 0 atom stereocenters. The third kappa shape index (κ3) is 4.03. The van der Waals surface area contributed by atoms with Crippen LogP contribution in [0.25, 0.3) is 5.69 Å². The second-order valence-electron chi connectivity index (χ2n) is 8.72. The summed E-state index contributed by atoms with van der Waals surface area (Å²) in [5.74, 6) is -0.506. The number of amides is 3. The number of aromatic nitrogens is 1. The minimum Gasteiger partial charge on any atom is -0.323 e. The van der Waals surface area contributed by atoms with Gasteiger partial charge in [-0.2, -0.15) is 0 Å². The van der Waals surface area contributed by atoms with Crippen molar-refractivity contribution in [2.24, 2.45) is 0 Å². The fourth-order valence-corrected chi connectivity index (χ4v) is 4.67. The number of Topliss-reactive ketones (excluding diaryl/α,β-unsaturated/α-hetero) is 1. The van der Waals surface area contributed by atoms with Crippen LogP contribution in [-0.2, 0) is 4.79 Å². The third-order valence-electron chi connectivity index (χ3n) is 6.38. The number of urea groups is 1. The highest BCUT2D eigenvalue weighted by molar-refractivity contribution is 6.11. The summed E-state index contributed by atoms with van der Waals surface area (Å²) in [6, 6.07) is 7.59. The van der Waals surface area contributed by atoms with Crippen molar-refractivity contribution >= 4 is 17.7 Å². The zero-order valence-corrected chi connectivity index (χ0v) is 19.5. The molecule has 0 radical (unpaired) electrons. The maximum absolute atomic E-state index is 13.2. The standard InChI is InChI=1S/C25H33N3O3/c1-7-11-25(12-8-2)23(30)27(24(31)26-25)15-22(29)21-14-18(5)28(19(21)6)20-10-9-16(3)17(4)13-20/h9-10,13-14H,7-8,11-12,15H2,1-6H3,(H,26,31). The van der Waals surface area contributed by atoms with Crippen molar-refractivity contribution in [1.82, 2.24) is 14.8 Å². The average molecular weight is 424 g/mol. The summed E-state index contributed by atoms with van der Waals surface area (Å²) >= 11 is 0. The maximum Gasteiger partial charge on any atom is 0.325 e. The summed E-state index contributed by atoms with van der Waals surface area (Å²) in [7, 11) is 0. The Hall–Kier alpha value is -2.89. The van der Waals surface area contributed by atoms with Gasteiger partial charge in [-0.15, -0.1) is 0 Å². The number of nitrogens with zero attached hydrogens (tertiary/aromatic N) is 2. The molecule has 1 saturated heterocycles. The van der Waals surface area contributed by atoms with E-state index in [9.17, 15) is 14.4 Å². The van der Waals surface area contributed by atoms with E-state index in [1.54, 1.807) is 0 Å². The second kappa shape index (κ2) is 8.69. The first-order chi connectivity index (χ1) is 14.6. The van der Waals surface area contributed by atoms with Gasteiger partial charge >= 0.3 is 6.03 Å². The van der Waals surface area contributed by atoms with E-state index in [4.69, 9.17) is 0 Å². The first kappa shape index (κ1) is 22.8. The van der Waals surface area contributed by atoms with Gasteiger partial charge in [-0.05, 0) is 69.9 Å². The lowest BCUT2D eigenvalue weighted by molar-refractivity contribution is -0.131. The molecule has 1 aromatic heterocycles. The van der Waals surface area contributed by atoms with E-state index in [1.165, 1.54) is 11.1 Å². The number of rotatable bonds is 8. The van der Waals surface area contributed by atoms with Crippen LogP contribution >= 0.6 is 0 Å². The van der Waals surface area contributed by atoms with E-state index in [-0.39, 0.29) is 18.2 Å². The van der Waals surface area contributed by atoms with Crippen molar-refractivity contribution in [3.8, 4) is 5.69 Å². The molecule has 3 rings (SSSR count). The minimum absolute atomic E-state index is 0.226. The Morgan fingerprint density at radius 1 is 0.968 bits per heavy atom. The summed E-state index contributed by atoms with van der Waals surface area (Å²) in [5.41, 5.74) is 4.80. The Morgan fingerprint density at radius 3 is 2.19 bits per heavy atom. The quantitative estimate of drug-likeness (QED) is 0.490. The molecule has 31 heavy (non-hydrogen) atoms. The predicted molar refractivity (Wildman–Crippen MR) is 122 cm³/mol. The van der Waals surface area contributed by atoms with E-state index < -0.39 is 11.6 Å². The number of hydrogen-bond donors (Lipinski definition) is 1. The van der Waals surface area contributed by atoms with Crippen LogP contribution in [0.15, 0.2) is 24.3 Å². The summed E-state index contributed by atoms with van der Waals surface area (Å²) in [6.07, 6.45) is 2.73. The highest BCUT2D eigenvalue weighted by Crippen LogP contribution is 2.29. The van der Waals surface area contributed by atoms with Gasteiger partial charge in [0.1, 0.15) is 5.54 Å². The fraction of sp³-hybridized carbons (Fsp3) is 0.480. The molecule has 1 aliphatic heterocycles. The van der Waals surface area contributed by atoms with Gasteiger partial charge in [-0.3, -0.25) is 14.5 Å². The zero-order chi connectivity index (χ0) is 22.9. The van der Waals surface area contributed by atoms with Crippen LogP contribution < -0.4 is 5.32 Å². The van der Waals surface area contributed by atoms with E-state index >= 15 is 0 Å². The molecule has 2 heterocycles. The summed E-state index contributed by atoms with van der Waals surface area (Å²) in [5, 5.41) is 2.87. The average Bonchev–Trinajstić information content (AvgIpc) is 3.13. The highest BCUT2D eigenvalue weighted by Gasteiger charge is 2.50. The van der Waals surface area contributed by atoms with Crippen molar-refractivity contribution in [3.63, 3.8) is 0 Å². The number of hydrogen-bond acceptors (Lipinski definition) is 3. The van der Waals surface area contributed by atoms with Gasteiger partial charge in [0.15, 0.2) is 5.78 Å². The van der Waals surface area contributed by atoms with E-state index in [1.807, 2.05) is 44.4 Å². The van der Waals surface area contributed by atoms with Gasteiger partial charge in [0.25, 0.3) is 5.91 Å². The van der Waals surface area contributed by atoms with E-state index in [0.717, 1.165) is 34.8 Å². The van der Waals surface area contributed by atoms with Crippen LogP contribution in [-0.4, -0.2) is 39.3 Å². The zero-order valence-electron chi connectivity index (χ0n) is 19.5. The molecule has 166 valence electrons. The number of imide groups is 1. The number of nitrogens with one attached hydrogen (secondary N) is 1. The number of benzene rings is 1. The molecule has 1 fully saturated rings. The van der Waals surface area contributed by atoms with Crippen LogP contribution in [0.2, 0.25) is 0 Å². The Bertz CT molecular complexity index is 1030. The monoisotopic (exact) mass is 423 g/mol.